The summed E-state index contributed by atoms with van der Waals surface area (Å²) in [5.74, 6) is 0.0739. The van der Waals surface area contributed by atoms with Gasteiger partial charge in [-0.25, -0.2) is 0 Å². The Morgan fingerprint density at radius 1 is 1.08 bits per heavy atom. The van der Waals surface area contributed by atoms with Crippen LogP contribution in [0.2, 0.25) is 0 Å². The molecular weight excluding hydrogens is 312 g/mol. The maximum Gasteiger partial charge on any atom is 0.269 e. The molecule has 1 aromatic heterocycles. The second-order valence-electron chi connectivity index (χ2n) is 6.71. The minimum Gasteiger partial charge on any atom is -0.360 e. The first-order chi connectivity index (χ1) is 12.2. The van der Waals surface area contributed by atoms with Crippen molar-refractivity contribution in [3.63, 3.8) is 0 Å². The van der Waals surface area contributed by atoms with E-state index in [2.05, 4.69) is 16.5 Å². The molecule has 4 rings (SSSR count). The van der Waals surface area contributed by atoms with Crippen LogP contribution in [0.1, 0.15) is 25.0 Å². The number of carbonyl (C=O) groups is 1. The Balaban J connectivity index is 1.42. The van der Waals surface area contributed by atoms with Crippen LogP contribution in [0.3, 0.4) is 0 Å². The molecule has 2 fully saturated rings. The lowest BCUT2D eigenvalue weighted by atomic mass is 9.90. The summed E-state index contributed by atoms with van der Waals surface area (Å²) in [6.45, 7) is 6.17. The Bertz CT molecular complexity index is 768. The molecule has 5 heteroatoms. The van der Waals surface area contributed by atoms with Gasteiger partial charge in [-0.05, 0) is 19.3 Å². The summed E-state index contributed by atoms with van der Waals surface area (Å²) in [6.07, 6.45) is 7.07. The first-order valence-corrected chi connectivity index (χ1v) is 8.83. The predicted molar refractivity (Wildman–Crippen MR) is 96.4 cm³/mol. The van der Waals surface area contributed by atoms with Gasteiger partial charge in [0.2, 0.25) is 0 Å². The number of piperazine rings is 1. The zero-order chi connectivity index (χ0) is 17.2. The highest BCUT2D eigenvalue weighted by Crippen LogP contribution is 2.28. The van der Waals surface area contributed by atoms with E-state index in [0.717, 1.165) is 42.9 Å². The van der Waals surface area contributed by atoms with E-state index in [4.69, 9.17) is 0 Å². The van der Waals surface area contributed by atoms with E-state index in [1.807, 2.05) is 40.1 Å². The fourth-order valence-corrected chi connectivity index (χ4v) is 3.38. The number of nitrogens with zero attached hydrogens (tertiary/aromatic N) is 4. The quantitative estimate of drug-likeness (QED) is 0.807. The van der Waals surface area contributed by atoms with E-state index in [-0.39, 0.29) is 5.91 Å². The summed E-state index contributed by atoms with van der Waals surface area (Å²) >= 11 is 0. The summed E-state index contributed by atoms with van der Waals surface area (Å²) in [5, 5.41) is 0. The van der Waals surface area contributed by atoms with Crippen molar-refractivity contribution in [1.82, 2.24) is 19.8 Å². The van der Waals surface area contributed by atoms with E-state index >= 15 is 0 Å². The lowest BCUT2D eigenvalue weighted by molar-refractivity contribution is -0.136. The summed E-state index contributed by atoms with van der Waals surface area (Å²) in [5.41, 5.74) is 3.34. The molecular formula is C20H22N4O. The van der Waals surface area contributed by atoms with Crippen LogP contribution in [0.4, 0.5) is 0 Å². The van der Waals surface area contributed by atoms with Crippen molar-refractivity contribution in [3.05, 3.63) is 60.7 Å². The smallest absolute Gasteiger partial charge is 0.269 e. The largest absolute Gasteiger partial charge is 0.360 e. The third-order valence-corrected chi connectivity index (χ3v) is 5.14. The Labute approximate surface area is 148 Å². The van der Waals surface area contributed by atoms with E-state index in [9.17, 15) is 4.79 Å². The lowest BCUT2D eigenvalue weighted by Crippen LogP contribution is -2.53. The second kappa shape index (κ2) is 6.67. The first kappa shape index (κ1) is 15.8. The van der Waals surface area contributed by atoms with Gasteiger partial charge in [0.1, 0.15) is 0 Å². The van der Waals surface area contributed by atoms with Gasteiger partial charge in [-0.15, -0.1) is 0 Å². The van der Waals surface area contributed by atoms with Crippen LogP contribution in [-0.2, 0) is 11.3 Å². The summed E-state index contributed by atoms with van der Waals surface area (Å²) in [7, 11) is 0. The third kappa shape index (κ3) is 3.14. The van der Waals surface area contributed by atoms with Crippen LogP contribution in [0, 0.1) is 0 Å². The van der Waals surface area contributed by atoms with Gasteiger partial charge < -0.3 is 9.80 Å². The molecule has 0 radical (unpaired) electrons. The van der Waals surface area contributed by atoms with Crippen LogP contribution >= 0.6 is 0 Å². The van der Waals surface area contributed by atoms with Gasteiger partial charge in [-0.3, -0.25) is 14.8 Å². The molecule has 1 saturated carbocycles. The zero-order valence-corrected chi connectivity index (χ0v) is 14.3. The Morgan fingerprint density at radius 2 is 1.88 bits per heavy atom. The maximum atomic E-state index is 12.5. The van der Waals surface area contributed by atoms with Crippen molar-refractivity contribution in [2.75, 3.05) is 13.1 Å². The molecule has 5 nitrogen and oxygen atoms in total. The van der Waals surface area contributed by atoms with Gasteiger partial charge in [0, 0.05) is 24.7 Å². The van der Waals surface area contributed by atoms with E-state index < -0.39 is 0 Å². The molecule has 128 valence electrons. The molecule has 2 aliphatic rings. The van der Waals surface area contributed by atoms with Crippen molar-refractivity contribution in [1.29, 1.82) is 0 Å². The number of benzene rings is 1. The molecule has 1 saturated heterocycles. The second-order valence-corrected chi connectivity index (χ2v) is 6.71. The number of hydrogen-bond acceptors (Lipinski definition) is 4. The Hall–Kier alpha value is -2.69. The van der Waals surface area contributed by atoms with Crippen LogP contribution in [0.25, 0.3) is 11.3 Å². The van der Waals surface area contributed by atoms with Gasteiger partial charge in [-0.2, -0.15) is 0 Å². The molecule has 0 unspecified atom stereocenters. The van der Waals surface area contributed by atoms with Crippen LogP contribution in [-0.4, -0.2) is 44.8 Å². The van der Waals surface area contributed by atoms with Gasteiger partial charge in [0.25, 0.3) is 5.91 Å². The number of aromatic nitrogens is 2. The van der Waals surface area contributed by atoms with Crippen LogP contribution in [0.15, 0.2) is 55.0 Å². The lowest BCUT2D eigenvalue weighted by Gasteiger charge is -2.44. The van der Waals surface area contributed by atoms with Crippen molar-refractivity contribution < 1.29 is 4.79 Å². The molecule has 0 N–H and O–H groups in total. The Morgan fingerprint density at radius 3 is 2.52 bits per heavy atom. The van der Waals surface area contributed by atoms with Gasteiger partial charge in [0.15, 0.2) is 0 Å². The fraction of sp³-hybridized carbons (Fsp3) is 0.350. The van der Waals surface area contributed by atoms with Crippen LogP contribution in [0.5, 0.6) is 0 Å². The van der Waals surface area contributed by atoms with E-state index in [1.54, 1.807) is 12.4 Å². The normalized spacial score (nSPS) is 18.4. The van der Waals surface area contributed by atoms with Gasteiger partial charge in [-0.1, -0.05) is 36.9 Å². The SMILES string of the molecule is C=C1C(=O)N(C2CCC2)CCN1Cc1cnc(-c2ccccc2)cn1. The number of carbonyl (C=O) groups excluding carboxylic acids is 1. The average Bonchev–Trinajstić information content (AvgIpc) is 2.61. The molecule has 2 heterocycles. The molecule has 25 heavy (non-hydrogen) atoms. The standard InChI is InChI=1S/C20H22N4O/c1-15-20(25)24(18-8-5-9-18)11-10-23(15)14-17-12-22-19(13-21-17)16-6-3-2-4-7-16/h2-4,6-7,12-13,18H,1,5,8-11,14H2. The summed E-state index contributed by atoms with van der Waals surface area (Å²) < 4.78 is 0. The molecule has 1 aliphatic heterocycles. The van der Waals surface area contributed by atoms with Crippen molar-refractivity contribution in [2.45, 2.75) is 31.8 Å². The zero-order valence-electron chi connectivity index (χ0n) is 14.3. The summed E-state index contributed by atoms with van der Waals surface area (Å²) in [6, 6.07) is 10.4. The molecule has 0 bridgehead atoms. The molecule has 1 aliphatic carbocycles. The minimum atomic E-state index is 0.0739. The molecule has 0 spiro atoms. The number of amides is 1. The topological polar surface area (TPSA) is 49.3 Å². The monoisotopic (exact) mass is 334 g/mol. The minimum absolute atomic E-state index is 0.0739. The summed E-state index contributed by atoms with van der Waals surface area (Å²) in [4.78, 5) is 25.6. The maximum absolute atomic E-state index is 12.5. The highest BCUT2D eigenvalue weighted by molar-refractivity contribution is 5.93. The van der Waals surface area contributed by atoms with Crippen molar-refractivity contribution >= 4 is 5.91 Å². The fourth-order valence-electron chi connectivity index (χ4n) is 3.38. The third-order valence-electron chi connectivity index (χ3n) is 5.14. The molecule has 1 amide bonds. The van der Waals surface area contributed by atoms with E-state index in [1.165, 1.54) is 6.42 Å². The highest BCUT2D eigenvalue weighted by atomic mass is 16.2. The van der Waals surface area contributed by atoms with Crippen molar-refractivity contribution in [3.8, 4) is 11.3 Å². The molecule has 1 aromatic carbocycles. The van der Waals surface area contributed by atoms with Crippen molar-refractivity contribution in [2.24, 2.45) is 0 Å². The molecule has 2 aromatic rings. The number of hydrogen-bond donors (Lipinski definition) is 0. The first-order valence-electron chi connectivity index (χ1n) is 8.83. The van der Waals surface area contributed by atoms with E-state index in [0.29, 0.717) is 18.3 Å². The predicted octanol–water partition coefficient (Wildman–Crippen LogP) is 2.85. The van der Waals surface area contributed by atoms with Gasteiger partial charge >= 0.3 is 0 Å². The molecule has 0 atom stereocenters. The van der Waals surface area contributed by atoms with Gasteiger partial charge in [0.05, 0.1) is 36.0 Å². The average molecular weight is 334 g/mol. The number of rotatable bonds is 4. The Kier molecular flexibility index (Phi) is 4.22. The van der Waals surface area contributed by atoms with Crippen LogP contribution < -0.4 is 0 Å². The highest BCUT2D eigenvalue weighted by Gasteiger charge is 2.34.